The van der Waals surface area contributed by atoms with Gasteiger partial charge in [-0.1, -0.05) is 0 Å². The summed E-state index contributed by atoms with van der Waals surface area (Å²) in [6.07, 6.45) is -4.57. The Kier molecular flexibility index (Phi) is 5.06. The van der Waals surface area contributed by atoms with Gasteiger partial charge in [0.25, 0.3) is 5.91 Å². The van der Waals surface area contributed by atoms with E-state index in [9.17, 15) is 32.5 Å². The number of nitrogens with zero attached hydrogens (tertiary/aromatic N) is 2. The first kappa shape index (κ1) is 16.7. The SMILES string of the molecule is CN(CC(F)(F)F)C(=O)COc1cc(F)ccc1[N+](=O)[O-]. The lowest BCUT2D eigenvalue weighted by Gasteiger charge is -2.18. The number of likely N-dealkylation sites (N-methyl/N-ethyl adjacent to an activating group) is 1. The number of ether oxygens (including phenoxy) is 1. The molecule has 0 bridgehead atoms. The molecule has 0 saturated carbocycles. The number of amides is 1. The first-order valence-electron chi connectivity index (χ1n) is 5.47. The zero-order valence-corrected chi connectivity index (χ0v) is 10.7. The van der Waals surface area contributed by atoms with Gasteiger partial charge in [-0.15, -0.1) is 0 Å². The van der Waals surface area contributed by atoms with Crippen LogP contribution >= 0.6 is 0 Å². The van der Waals surface area contributed by atoms with Crippen LogP contribution in [0.1, 0.15) is 0 Å². The van der Waals surface area contributed by atoms with Gasteiger partial charge < -0.3 is 9.64 Å². The maximum atomic E-state index is 13.0. The van der Waals surface area contributed by atoms with Crippen LogP contribution in [-0.2, 0) is 4.79 Å². The van der Waals surface area contributed by atoms with Crippen LogP contribution in [0.2, 0.25) is 0 Å². The Morgan fingerprint density at radius 1 is 1.43 bits per heavy atom. The molecule has 116 valence electrons. The number of hydrogen-bond donors (Lipinski definition) is 0. The minimum absolute atomic E-state index is 0.352. The van der Waals surface area contributed by atoms with Crippen molar-refractivity contribution in [1.82, 2.24) is 4.90 Å². The van der Waals surface area contributed by atoms with Crippen molar-refractivity contribution in [3.05, 3.63) is 34.1 Å². The number of alkyl halides is 3. The molecule has 0 aromatic heterocycles. The topological polar surface area (TPSA) is 72.7 Å². The lowest BCUT2D eigenvalue weighted by Crippen LogP contribution is -2.38. The van der Waals surface area contributed by atoms with Gasteiger partial charge in [-0.25, -0.2) is 4.39 Å². The summed E-state index contributed by atoms with van der Waals surface area (Å²) in [5.74, 6) is -2.42. The Bertz CT molecular complexity index is 548. The second-order valence-electron chi connectivity index (χ2n) is 4.02. The van der Waals surface area contributed by atoms with Crippen molar-refractivity contribution in [2.45, 2.75) is 6.18 Å². The molecular weight excluding hydrogens is 300 g/mol. The van der Waals surface area contributed by atoms with Crippen molar-refractivity contribution in [2.24, 2.45) is 0 Å². The van der Waals surface area contributed by atoms with Gasteiger partial charge in [0.1, 0.15) is 12.4 Å². The van der Waals surface area contributed by atoms with Crippen LogP contribution in [0.4, 0.5) is 23.2 Å². The van der Waals surface area contributed by atoms with E-state index in [2.05, 4.69) is 0 Å². The lowest BCUT2D eigenvalue weighted by molar-refractivity contribution is -0.385. The molecule has 0 aliphatic carbocycles. The van der Waals surface area contributed by atoms with Gasteiger partial charge in [-0.2, -0.15) is 13.2 Å². The van der Waals surface area contributed by atoms with Crippen LogP contribution in [0.3, 0.4) is 0 Å². The molecule has 0 fully saturated rings. The van der Waals surface area contributed by atoms with Gasteiger partial charge in [0.05, 0.1) is 4.92 Å². The Balaban J connectivity index is 2.73. The molecule has 0 spiro atoms. The third kappa shape index (κ3) is 5.24. The minimum Gasteiger partial charge on any atom is -0.477 e. The summed E-state index contributed by atoms with van der Waals surface area (Å²) in [5.41, 5.74) is -0.595. The molecule has 0 aliphatic heterocycles. The van der Waals surface area contributed by atoms with E-state index in [1.165, 1.54) is 0 Å². The number of carbonyl (C=O) groups excluding carboxylic acids is 1. The summed E-state index contributed by atoms with van der Waals surface area (Å²) in [6, 6.07) is 2.33. The number of rotatable bonds is 5. The molecular formula is C11H10F4N2O4. The molecule has 1 aromatic rings. The molecule has 10 heteroatoms. The van der Waals surface area contributed by atoms with Crippen molar-refractivity contribution in [3.63, 3.8) is 0 Å². The smallest absolute Gasteiger partial charge is 0.406 e. The van der Waals surface area contributed by atoms with Gasteiger partial charge in [0, 0.05) is 19.2 Å². The molecule has 1 aromatic carbocycles. The molecule has 6 nitrogen and oxygen atoms in total. The molecule has 0 saturated heterocycles. The predicted octanol–water partition coefficient (Wildman–Crippen LogP) is 2.13. The van der Waals surface area contributed by atoms with Gasteiger partial charge in [-0.05, 0) is 6.07 Å². The Labute approximate surface area is 116 Å². The van der Waals surface area contributed by atoms with Crippen molar-refractivity contribution >= 4 is 11.6 Å². The lowest BCUT2D eigenvalue weighted by atomic mass is 10.3. The second-order valence-corrected chi connectivity index (χ2v) is 4.02. The van der Waals surface area contributed by atoms with Gasteiger partial charge >= 0.3 is 11.9 Å². The monoisotopic (exact) mass is 310 g/mol. The van der Waals surface area contributed by atoms with Crippen molar-refractivity contribution < 1.29 is 32.0 Å². The highest BCUT2D eigenvalue weighted by Crippen LogP contribution is 2.27. The third-order valence-corrected chi connectivity index (χ3v) is 2.31. The predicted molar refractivity (Wildman–Crippen MR) is 62.2 cm³/mol. The molecule has 0 unspecified atom stereocenters. The van der Waals surface area contributed by atoms with E-state index in [1.54, 1.807) is 0 Å². The van der Waals surface area contributed by atoms with Crippen LogP contribution in [0, 0.1) is 15.9 Å². The fourth-order valence-corrected chi connectivity index (χ4v) is 1.36. The average Bonchev–Trinajstić information content (AvgIpc) is 2.33. The maximum absolute atomic E-state index is 13.0. The van der Waals surface area contributed by atoms with Crippen LogP contribution in [-0.4, -0.2) is 42.1 Å². The Morgan fingerprint density at radius 2 is 2.05 bits per heavy atom. The highest BCUT2D eigenvalue weighted by atomic mass is 19.4. The number of benzene rings is 1. The highest BCUT2D eigenvalue weighted by Gasteiger charge is 2.31. The van der Waals surface area contributed by atoms with Crippen LogP contribution in [0.25, 0.3) is 0 Å². The standard InChI is InChI=1S/C11H10F4N2O4/c1-16(6-11(13,14)15)10(18)5-21-9-4-7(12)2-3-8(9)17(19)20/h2-4H,5-6H2,1H3. The normalized spacial score (nSPS) is 11.1. The van der Waals surface area contributed by atoms with E-state index in [0.717, 1.165) is 19.2 Å². The van der Waals surface area contributed by atoms with E-state index >= 15 is 0 Å². The number of carbonyl (C=O) groups is 1. The Morgan fingerprint density at radius 3 is 2.57 bits per heavy atom. The molecule has 0 aliphatic rings. The van der Waals surface area contributed by atoms with Crippen molar-refractivity contribution in [2.75, 3.05) is 20.2 Å². The summed E-state index contributed by atoms with van der Waals surface area (Å²) < 4.78 is 53.9. The van der Waals surface area contributed by atoms with Crippen molar-refractivity contribution in [3.8, 4) is 5.75 Å². The Hall–Kier alpha value is -2.39. The van der Waals surface area contributed by atoms with E-state index < -0.39 is 47.4 Å². The second kappa shape index (κ2) is 6.37. The summed E-state index contributed by atoms with van der Waals surface area (Å²) in [7, 11) is 0.902. The van der Waals surface area contributed by atoms with E-state index in [4.69, 9.17) is 4.74 Å². The number of nitro groups is 1. The number of hydrogen-bond acceptors (Lipinski definition) is 4. The fraction of sp³-hybridized carbons (Fsp3) is 0.364. The third-order valence-electron chi connectivity index (χ3n) is 2.31. The van der Waals surface area contributed by atoms with E-state index in [0.29, 0.717) is 11.0 Å². The summed E-state index contributed by atoms with van der Waals surface area (Å²) in [4.78, 5) is 21.5. The quantitative estimate of drug-likeness (QED) is 0.474. The number of nitro benzene ring substituents is 1. The maximum Gasteiger partial charge on any atom is 0.406 e. The van der Waals surface area contributed by atoms with Gasteiger partial charge in [0.2, 0.25) is 5.75 Å². The molecule has 1 amide bonds. The van der Waals surface area contributed by atoms with Crippen LogP contribution in [0.5, 0.6) is 5.75 Å². The van der Waals surface area contributed by atoms with Crippen LogP contribution < -0.4 is 4.74 Å². The van der Waals surface area contributed by atoms with E-state index in [1.807, 2.05) is 0 Å². The number of halogens is 4. The molecule has 0 atom stereocenters. The van der Waals surface area contributed by atoms with Gasteiger partial charge in [0.15, 0.2) is 6.61 Å². The zero-order valence-electron chi connectivity index (χ0n) is 10.7. The molecule has 0 N–H and O–H groups in total. The first-order chi connectivity index (χ1) is 9.60. The zero-order chi connectivity index (χ0) is 16.2. The molecule has 1 rings (SSSR count). The first-order valence-corrected chi connectivity index (χ1v) is 5.47. The average molecular weight is 310 g/mol. The van der Waals surface area contributed by atoms with Crippen LogP contribution in [0.15, 0.2) is 18.2 Å². The summed E-state index contributed by atoms with van der Waals surface area (Å²) in [5, 5.41) is 10.7. The fourth-order valence-electron chi connectivity index (χ4n) is 1.36. The highest BCUT2D eigenvalue weighted by molar-refractivity contribution is 5.77. The largest absolute Gasteiger partial charge is 0.477 e. The molecule has 21 heavy (non-hydrogen) atoms. The minimum atomic E-state index is -4.57. The van der Waals surface area contributed by atoms with E-state index in [-0.39, 0.29) is 0 Å². The van der Waals surface area contributed by atoms with Crippen molar-refractivity contribution in [1.29, 1.82) is 0 Å². The van der Waals surface area contributed by atoms with Gasteiger partial charge in [-0.3, -0.25) is 14.9 Å². The summed E-state index contributed by atoms with van der Waals surface area (Å²) >= 11 is 0. The molecule has 0 radical (unpaired) electrons. The summed E-state index contributed by atoms with van der Waals surface area (Å²) in [6.45, 7) is -2.36. The molecule has 0 heterocycles.